The Morgan fingerprint density at radius 2 is 0.463 bits per heavy atom. The second-order valence-corrected chi connectivity index (χ2v) is 36.3. The van der Waals surface area contributed by atoms with Crippen LogP contribution in [0.15, 0.2) is 485 Å². The van der Waals surface area contributed by atoms with Crippen LogP contribution in [0.4, 0.5) is 0 Å². The molecule has 0 aliphatic rings. The van der Waals surface area contributed by atoms with Gasteiger partial charge in [0.25, 0.3) is 0 Å². The van der Waals surface area contributed by atoms with E-state index in [1.54, 1.807) is 0 Å². The number of nitrogens with zero attached hydrogens (tertiary/aromatic N) is 8. The van der Waals surface area contributed by atoms with Gasteiger partial charge in [0.1, 0.15) is 0 Å². The number of para-hydroxylation sites is 4. The van der Waals surface area contributed by atoms with Gasteiger partial charge in [-0.1, -0.05) is 394 Å². The smallest absolute Gasteiger partial charge is 0.164 e. The second kappa shape index (κ2) is 34.6. The second-order valence-electron chi connectivity index (χ2n) is 34.2. The highest BCUT2D eigenvalue weighted by molar-refractivity contribution is 7.27. The number of benzene rings is 20. The first-order valence-corrected chi connectivity index (χ1v) is 47.5. The molecule has 0 atom stereocenters. The first-order chi connectivity index (χ1) is 67.4. The number of aromatic nitrogens is 8. The number of rotatable bonds is 16. The summed E-state index contributed by atoms with van der Waals surface area (Å²) in [5.41, 5.74) is 30.6. The Balaban J connectivity index is 0.000000145. The molecule has 0 bridgehead atoms. The van der Waals surface area contributed by atoms with Gasteiger partial charge in [-0.3, -0.25) is 0 Å². The average molecular weight is 1770 g/mol. The summed E-state index contributed by atoms with van der Waals surface area (Å²) in [6.07, 6.45) is 0. The summed E-state index contributed by atoms with van der Waals surface area (Å²) in [6, 6.07) is 173. The quantitative estimate of drug-likeness (QED) is 0.0958. The molecular weight excluding hydrogens is 1690 g/mol. The molecule has 0 fully saturated rings. The standard InChI is InChI=1S/2C63H40N4S/c1-6-19-41(20-7-1)45-33-35-48(42-21-8-2-9-22-42)53(39-45)46-34-36-49(54(40-46)63-65-61(43-23-10-3-11-24-43)64-62(66-63)44-25-12-4-13-26-44)50-30-18-32-57-58(50)52-37-38-56-59(60(52)68-57)51-29-16-17-31-55(51)67(56)47-27-14-5-15-28-47;1-6-18-41(19-7-1)45-30-33-49(42-20-8-2-9-21-42)53(38-45)47-31-34-50(55(40-47)63-65-61(43-22-10-3-11-23-43)64-62(66-63)44-24-12-4-13-25-44)46-32-37-58-54(39-46)51-35-36-57-59(60(51)68-58)52-28-16-17-29-56(52)67(57)48-26-14-5-15-27-48/h2*1-40H. The van der Waals surface area contributed by atoms with Gasteiger partial charge in [0.05, 0.1) is 22.1 Å². The highest BCUT2D eigenvalue weighted by atomic mass is 32.1. The molecule has 6 heterocycles. The van der Waals surface area contributed by atoms with Crippen molar-refractivity contribution < 1.29 is 0 Å². The number of hydrogen-bond acceptors (Lipinski definition) is 8. The topological polar surface area (TPSA) is 87.2 Å². The molecule has 0 N–H and O–H groups in total. The van der Waals surface area contributed by atoms with Crippen LogP contribution < -0.4 is 0 Å². The maximum absolute atomic E-state index is 5.38. The Bertz CT molecular complexity index is 8930. The Kier molecular flexibility index (Phi) is 20.5. The van der Waals surface area contributed by atoms with Crippen LogP contribution in [0.2, 0.25) is 0 Å². The van der Waals surface area contributed by atoms with E-state index in [9.17, 15) is 0 Å². The summed E-state index contributed by atoms with van der Waals surface area (Å²) in [4.78, 5) is 31.6. The predicted octanol–water partition coefficient (Wildman–Crippen LogP) is 34.0. The molecule has 10 heteroatoms. The van der Waals surface area contributed by atoms with Crippen molar-refractivity contribution in [1.82, 2.24) is 39.0 Å². The first-order valence-electron chi connectivity index (χ1n) is 45.9. The first kappa shape index (κ1) is 80.5. The van der Waals surface area contributed by atoms with Crippen molar-refractivity contribution in [3.63, 3.8) is 0 Å². The van der Waals surface area contributed by atoms with Crippen LogP contribution in [0.1, 0.15) is 0 Å². The van der Waals surface area contributed by atoms with E-state index in [2.05, 4.69) is 422 Å². The highest BCUT2D eigenvalue weighted by Crippen LogP contribution is 2.52. The van der Waals surface area contributed by atoms with Crippen molar-refractivity contribution in [3.05, 3.63) is 485 Å². The van der Waals surface area contributed by atoms with Crippen LogP contribution in [-0.2, 0) is 0 Å². The maximum Gasteiger partial charge on any atom is 0.164 e. The lowest BCUT2D eigenvalue weighted by molar-refractivity contribution is 1.07. The lowest BCUT2D eigenvalue weighted by atomic mass is 9.88. The summed E-state index contributed by atoms with van der Waals surface area (Å²) in [5, 5.41) is 9.98. The van der Waals surface area contributed by atoms with Crippen molar-refractivity contribution in [2.24, 2.45) is 0 Å². The zero-order valence-electron chi connectivity index (χ0n) is 73.6. The number of fused-ring (bicyclic) bond motifs is 14. The summed E-state index contributed by atoms with van der Waals surface area (Å²) in [6.45, 7) is 0. The van der Waals surface area contributed by atoms with Crippen molar-refractivity contribution in [2.75, 3.05) is 0 Å². The van der Waals surface area contributed by atoms with E-state index in [1.807, 2.05) is 95.5 Å². The Morgan fingerprint density at radius 3 is 0.897 bits per heavy atom. The van der Waals surface area contributed by atoms with Gasteiger partial charge in [0.2, 0.25) is 0 Å². The molecule has 8 nitrogen and oxygen atoms in total. The van der Waals surface area contributed by atoms with E-state index in [4.69, 9.17) is 29.9 Å². The summed E-state index contributed by atoms with van der Waals surface area (Å²) < 4.78 is 9.84. The molecule has 636 valence electrons. The van der Waals surface area contributed by atoms with Crippen molar-refractivity contribution in [1.29, 1.82) is 0 Å². The third-order valence-electron chi connectivity index (χ3n) is 26.2. The van der Waals surface area contributed by atoms with E-state index in [1.165, 1.54) is 95.1 Å². The molecule has 20 aromatic carbocycles. The molecule has 0 saturated carbocycles. The van der Waals surface area contributed by atoms with Gasteiger partial charge in [0, 0.05) is 107 Å². The third kappa shape index (κ3) is 14.7. The fraction of sp³-hybridized carbons (Fsp3) is 0. The summed E-state index contributed by atoms with van der Waals surface area (Å²) in [5.74, 6) is 3.72. The van der Waals surface area contributed by atoms with Gasteiger partial charge >= 0.3 is 0 Å². The van der Waals surface area contributed by atoms with Gasteiger partial charge in [0.15, 0.2) is 34.9 Å². The van der Waals surface area contributed by atoms with Gasteiger partial charge in [-0.2, -0.15) is 0 Å². The monoisotopic (exact) mass is 1770 g/mol. The van der Waals surface area contributed by atoms with Crippen LogP contribution in [0.5, 0.6) is 0 Å². The van der Waals surface area contributed by atoms with Crippen LogP contribution in [-0.4, -0.2) is 39.0 Å². The molecule has 0 radical (unpaired) electrons. The minimum Gasteiger partial charge on any atom is -0.309 e. The molecule has 26 aromatic rings. The lowest BCUT2D eigenvalue weighted by Gasteiger charge is -2.17. The normalized spacial score (nSPS) is 11.5. The van der Waals surface area contributed by atoms with Crippen molar-refractivity contribution >= 4 is 107 Å². The minimum absolute atomic E-state index is 0.611. The molecule has 0 aliphatic carbocycles. The van der Waals surface area contributed by atoms with E-state index in [-0.39, 0.29) is 0 Å². The third-order valence-corrected chi connectivity index (χ3v) is 28.6. The number of thiophene rings is 2. The van der Waals surface area contributed by atoms with Crippen molar-refractivity contribution in [3.8, 4) is 169 Å². The minimum atomic E-state index is 0.611. The SMILES string of the molecule is c1ccc(-c2ccc(-c3ccccc3)c(-c3ccc(-c4ccc5sc6c(ccc7c6c6ccccc6n7-c6ccccc6)c5c4)c(-c4nc(-c5ccccc5)nc(-c5ccccc5)n4)c3)c2)cc1.c1ccc(-c2ccc(-c3ccccc3)c(-c3ccc(-c4cccc5sc6c(ccc7c6c6ccccc6n7-c6ccccc6)c45)c(-c4nc(-c5ccccc5)nc(-c5ccccc5)n4)c3)c2)cc1. The largest absolute Gasteiger partial charge is 0.309 e. The Labute approximate surface area is 793 Å². The molecule has 6 aromatic heterocycles. The highest BCUT2D eigenvalue weighted by Gasteiger charge is 2.27. The van der Waals surface area contributed by atoms with Crippen LogP contribution in [0.3, 0.4) is 0 Å². The Morgan fingerprint density at radius 1 is 0.147 bits per heavy atom. The molecule has 136 heavy (non-hydrogen) atoms. The molecule has 0 unspecified atom stereocenters. The summed E-state index contributed by atoms with van der Waals surface area (Å²) >= 11 is 3.74. The summed E-state index contributed by atoms with van der Waals surface area (Å²) in [7, 11) is 0. The van der Waals surface area contributed by atoms with Gasteiger partial charge < -0.3 is 9.13 Å². The zero-order chi connectivity index (χ0) is 89.9. The molecule has 0 saturated heterocycles. The van der Waals surface area contributed by atoms with E-state index >= 15 is 0 Å². The van der Waals surface area contributed by atoms with Crippen LogP contribution in [0, 0.1) is 0 Å². The van der Waals surface area contributed by atoms with E-state index in [0.717, 1.165) is 123 Å². The molecule has 0 aliphatic heterocycles. The van der Waals surface area contributed by atoms with Gasteiger partial charge in [-0.15, -0.1) is 22.7 Å². The van der Waals surface area contributed by atoms with Gasteiger partial charge in [-0.05, 0) is 180 Å². The lowest BCUT2D eigenvalue weighted by Crippen LogP contribution is -2.01. The molecule has 0 spiro atoms. The van der Waals surface area contributed by atoms with E-state index in [0.29, 0.717) is 34.9 Å². The predicted molar refractivity (Wildman–Crippen MR) is 570 cm³/mol. The van der Waals surface area contributed by atoms with Crippen LogP contribution in [0.25, 0.3) is 253 Å². The molecular formula is C126H80N8S2. The average Bonchev–Trinajstić information content (AvgIpc) is 1.56. The van der Waals surface area contributed by atoms with Crippen molar-refractivity contribution in [2.45, 2.75) is 0 Å². The molecule has 26 rings (SSSR count). The van der Waals surface area contributed by atoms with E-state index < -0.39 is 0 Å². The maximum atomic E-state index is 5.38. The van der Waals surface area contributed by atoms with Crippen LogP contribution >= 0.6 is 22.7 Å². The Hall–Kier alpha value is -17.5. The fourth-order valence-corrected chi connectivity index (χ4v) is 22.3. The molecule has 0 amide bonds. The van der Waals surface area contributed by atoms with Gasteiger partial charge in [-0.25, -0.2) is 29.9 Å². The fourth-order valence-electron chi connectivity index (χ4n) is 19.8. The zero-order valence-corrected chi connectivity index (χ0v) is 75.2. The number of hydrogen-bond donors (Lipinski definition) is 0.